The van der Waals surface area contributed by atoms with Crippen molar-refractivity contribution >= 4 is 5.97 Å². The van der Waals surface area contributed by atoms with Crippen LogP contribution in [0, 0.1) is 5.92 Å². The highest BCUT2D eigenvalue weighted by molar-refractivity contribution is 5.72. The summed E-state index contributed by atoms with van der Waals surface area (Å²) in [6, 6.07) is 8.01. The first-order valence-electron chi connectivity index (χ1n) is 6.73. The van der Waals surface area contributed by atoms with Gasteiger partial charge < -0.3 is 9.84 Å². The molecule has 96 valence electrons. The zero-order valence-corrected chi connectivity index (χ0v) is 10.3. The van der Waals surface area contributed by atoms with Gasteiger partial charge in [0.05, 0.1) is 12.0 Å². The van der Waals surface area contributed by atoms with Crippen molar-refractivity contribution in [3.05, 3.63) is 29.8 Å². The Hall–Kier alpha value is -1.51. The van der Waals surface area contributed by atoms with Crippen LogP contribution in [0.1, 0.15) is 43.6 Å². The molecule has 0 heterocycles. The van der Waals surface area contributed by atoms with Gasteiger partial charge in [-0.1, -0.05) is 18.6 Å². The fourth-order valence-corrected chi connectivity index (χ4v) is 2.85. The van der Waals surface area contributed by atoms with Gasteiger partial charge in [-0.3, -0.25) is 4.79 Å². The first-order valence-corrected chi connectivity index (χ1v) is 6.73. The molecule has 0 amide bonds. The minimum atomic E-state index is -0.661. The molecule has 0 spiro atoms. The van der Waals surface area contributed by atoms with Crippen molar-refractivity contribution in [3.63, 3.8) is 0 Å². The number of carboxylic acid groups (broad SMARTS) is 1. The lowest BCUT2D eigenvalue weighted by atomic mass is 9.89. The summed E-state index contributed by atoms with van der Waals surface area (Å²) in [5, 5.41) is 9.24. The molecule has 2 saturated carbocycles. The Morgan fingerprint density at radius 1 is 1.22 bits per heavy atom. The first-order chi connectivity index (χ1) is 8.74. The van der Waals surface area contributed by atoms with Crippen LogP contribution >= 0.6 is 0 Å². The van der Waals surface area contributed by atoms with Gasteiger partial charge in [0.25, 0.3) is 0 Å². The standard InChI is InChI=1S/C15H18O3/c16-15(17)14-6-2-5-13(14)10-3-1-4-12(9-10)18-11-7-8-11/h1,3-4,9,11,13-14H,2,5-8H2,(H,16,17). The number of aliphatic carboxylic acids is 1. The van der Waals surface area contributed by atoms with Gasteiger partial charge in [-0.2, -0.15) is 0 Å². The van der Waals surface area contributed by atoms with E-state index in [1.165, 1.54) is 0 Å². The fourth-order valence-electron chi connectivity index (χ4n) is 2.85. The molecule has 2 unspecified atom stereocenters. The molecule has 2 atom stereocenters. The second-order valence-electron chi connectivity index (χ2n) is 5.37. The van der Waals surface area contributed by atoms with Crippen LogP contribution in [-0.4, -0.2) is 17.2 Å². The Balaban J connectivity index is 1.79. The van der Waals surface area contributed by atoms with Crippen LogP contribution in [0.25, 0.3) is 0 Å². The average Bonchev–Trinajstić information content (AvgIpc) is 3.03. The molecule has 0 aromatic heterocycles. The minimum absolute atomic E-state index is 0.158. The SMILES string of the molecule is O=C(O)C1CCCC1c1cccc(OC2CC2)c1. The molecule has 3 heteroatoms. The lowest BCUT2D eigenvalue weighted by molar-refractivity contribution is -0.142. The van der Waals surface area contributed by atoms with Crippen LogP contribution in [0.4, 0.5) is 0 Å². The predicted molar refractivity (Wildman–Crippen MR) is 67.8 cm³/mol. The summed E-state index contributed by atoms with van der Waals surface area (Å²) in [6.45, 7) is 0. The van der Waals surface area contributed by atoms with E-state index in [-0.39, 0.29) is 11.8 Å². The van der Waals surface area contributed by atoms with Crippen LogP contribution in [0.5, 0.6) is 5.75 Å². The van der Waals surface area contributed by atoms with E-state index >= 15 is 0 Å². The highest BCUT2D eigenvalue weighted by Gasteiger charge is 2.34. The maximum atomic E-state index is 11.2. The number of benzene rings is 1. The molecule has 3 rings (SSSR count). The maximum absolute atomic E-state index is 11.2. The van der Waals surface area contributed by atoms with Crippen molar-refractivity contribution in [2.45, 2.75) is 44.1 Å². The summed E-state index contributed by atoms with van der Waals surface area (Å²) in [6.07, 6.45) is 5.46. The predicted octanol–water partition coefficient (Wildman–Crippen LogP) is 3.20. The van der Waals surface area contributed by atoms with E-state index in [4.69, 9.17) is 4.74 Å². The number of rotatable bonds is 4. The number of hydrogen-bond donors (Lipinski definition) is 1. The molecule has 1 N–H and O–H groups in total. The van der Waals surface area contributed by atoms with E-state index in [0.29, 0.717) is 6.10 Å². The van der Waals surface area contributed by atoms with Crippen LogP contribution in [0.15, 0.2) is 24.3 Å². The van der Waals surface area contributed by atoms with E-state index in [2.05, 4.69) is 0 Å². The number of hydrogen-bond acceptors (Lipinski definition) is 2. The molecule has 0 saturated heterocycles. The molecule has 2 aliphatic rings. The van der Waals surface area contributed by atoms with Gasteiger partial charge in [0.15, 0.2) is 0 Å². The minimum Gasteiger partial charge on any atom is -0.490 e. The second-order valence-corrected chi connectivity index (χ2v) is 5.37. The summed E-state index contributed by atoms with van der Waals surface area (Å²) in [5.41, 5.74) is 1.12. The molecule has 0 bridgehead atoms. The molecule has 0 radical (unpaired) electrons. The third-order valence-electron chi connectivity index (χ3n) is 3.95. The van der Waals surface area contributed by atoms with Gasteiger partial charge in [0.1, 0.15) is 5.75 Å². The number of carbonyl (C=O) groups is 1. The van der Waals surface area contributed by atoms with Crippen molar-refractivity contribution in [3.8, 4) is 5.75 Å². The molecule has 0 aliphatic heterocycles. The van der Waals surface area contributed by atoms with Gasteiger partial charge in [-0.15, -0.1) is 0 Å². The van der Waals surface area contributed by atoms with Gasteiger partial charge in [-0.25, -0.2) is 0 Å². The fraction of sp³-hybridized carbons (Fsp3) is 0.533. The van der Waals surface area contributed by atoms with Crippen molar-refractivity contribution < 1.29 is 14.6 Å². The Morgan fingerprint density at radius 2 is 2.06 bits per heavy atom. The van der Waals surface area contributed by atoms with E-state index in [9.17, 15) is 9.90 Å². The Labute approximate surface area is 107 Å². The molecule has 3 nitrogen and oxygen atoms in total. The van der Waals surface area contributed by atoms with Crippen LogP contribution in [0.2, 0.25) is 0 Å². The van der Waals surface area contributed by atoms with Crippen LogP contribution in [0.3, 0.4) is 0 Å². The van der Waals surface area contributed by atoms with Crippen molar-refractivity contribution in [2.24, 2.45) is 5.92 Å². The summed E-state index contributed by atoms with van der Waals surface area (Å²) in [4.78, 5) is 11.2. The molecule has 2 aliphatic carbocycles. The highest BCUT2D eigenvalue weighted by Crippen LogP contribution is 2.41. The third-order valence-corrected chi connectivity index (χ3v) is 3.95. The normalized spacial score (nSPS) is 27.1. The maximum Gasteiger partial charge on any atom is 0.307 e. The molecular formula is C15H18O3. The van der Waals surface area contributed by atoms with Gasteiger partial charge in [0.2, 0.25) is 0 Å². The van der Waals surface area contributed by atoms with E-state index in [1.807, 2.05) is 24.3 Å². The number of ether oxygens (including phenoxy) is 1. The molecular weight excluding hydrogens is 228 g/mol. The third kappa shape index (κ3) is 2.35. The zero-order valence-electron chi connectivity index (χ0n) is 10.3. The Morgan fingerprint density at radius 3 is 2.78 bits per heavy atom. The van der Waals surface area contributed by atoms with Crippen molar-refractivity contribution in [1.29, 1.82) is 0 Å². The number of carboxylic acids is 1. The Kier molecular flexibility index (Phi) is 2.98. The Bertz CT molecular complexity index is 451. The summed E-state index contributed by atoms with van der Waals surface area (Å²) in [5.74, 6) is 0.170. The summed E-state index contributed by atoms with van der Waals surface area (Å²) < 4.78 is 5.77. The first kappa shape index (κ1) is 11.6. The second kappa shape index (κ2) is 4.63. The van der Waals surface area contributed by atoms with E-state index in [0.717, 1.165) is 43.4 Å². The smallest absolute Gasteiger partial charge is 0.307 e. The van der Waals surface area contributed by atoms with Gasteiger partial charge in [0, 0.05) is 0 Å². The molecule has 18 heavy (non-hydrogen) atoms. The van der Waals surface area contributed by atoms with Crippen LogP contribution in [-0.2, 0) is 4.79 Å². The van der Waals surface area contributed by atoms with Crippen molar-refractivity contribution in [2.75, 3.05) is 0 Å². The largest absolute Gasteiger partial charge is 0.490 e. The van der Waals surface area contributed by atoms with E-state index in [1.54, 1.807) is 0 Å². The average molecular weight is 246 g/mol. The van der Waals surface area contributed by atoms with Gasteiger partial charge >= 0.3 is 5.97 Å². The summed E-state index contributed by atoms with van der Waals surface area (Å²) >= 11 is 0. The van der Waals surface area contributed by atoms with Crippen LogP contribution < -0.4 is 4.74 Å². The summed E-state index contributed by atoms with van der Waals surface area (Å²) in [7, 11) is 0. The van der Waals surface area contributed by atoms with Gasteiger partial charge in [-0.05, 0) is 49.3 Å². The lowest BCUT2D eigenvalue weighted by Gasteiger charge is -2.17. The topological polar surface area (TPSA) is 46.5 Å². The molecule has 1 aromatic rings. The zero-order chi connectivity index (χ0) is 12.5. The quantitative estimate of drug-likeness (QED) is 0.887. The highest BCUT2D eigenvalue weighted by atomic mass is 16.5. The lowest BCUT2D eigenvalue weighted by Crippen LogP contribution is -2.16. The van der Waals surface area contributed by atoms with Crippen molar-refractivity contribution in [1.82, 2.24) is 0 Å². The van der Waals surface area contributed by atoms with E-state index < -0.39 is 5.97 Å². The monoisotopic (exact) mass is 246 g/mol. The molecule has 1 aromatic carbocycles. The molecule has 2 fully saturated rings.